The SMILES string of the molecule is O=[N+]([O-])c1cccc(Cl)c1CNc1cc(Cl)ccc1F. The zero-order valence-corrected chi connectivity index (χ0v) is 11.6. The van der Waals surface area contributed by atoms with Gasteiger partial charge >= 0.3 is 0 Å². The maximum Gasteiger partial charge on any atom is 0.275 e. The van der Waals surface area contributed by atoms with E-state index in [9.17, 15) is 14.5 Å². The second kappa shape index (κ2) is 6.07. The second-order valence-electron chi connectivity index (χ2n) is 3.97. The van der Waals surface area contributed by atoms with Crippen LogP contribution in [-0.2, 0) is 6.54 Å². The lowest BCUT2D eigenvalue weighted by Gasteiger charge is -2.09. The highest BCUT2D eigenvalue weighted by atomic mass is 35.5. The van der Waals surface area contributed by atoms with Gasteiger partial charge in [-0.15, -0.1) is 0 Å². The molecule has 0 amide bonds. The van der Waals surface area contributed by atoms with E-state index in [1.165, 1.54) is 30.3 Å². The average Bonchev–Trinajstić information content (AvgIpc) is 2.40. The van der Waals surface area contributed by atoms with E-state index in [-0.39, 0.29) is 22.9 Å². The fourth-order valence-electron chi connectivity index (χ4n) is 1.71. The Balaban J connectivity index is 2.27. The lowest BCUT2D eigenvalue weighted by molar-refractivity contribution is -0.385. The predicted octanol–water partition coefficient (Wildman–Crippen LogP) is 4.65. The molecule has 0 saturated carbocycles. The Morgan fingerprint density at radius 1 is 1.25 bits per heavy atom. The molecule has 0 aromatic heterocycles. The van der Waals surface area contributed by atoms with Gasteiger partial charge < -0.3 is 5.32 Å². The first-order valence-electron chi connectivity index (χ1n) is 5.59. The molecular formula is C13H9Cl2FN2O2. The molecule has 2 aromatic rings. The molecule has 0 heterocycles. The number of rotatable bonds is 4. The summed E-state index contributed by atoms with van der Waals surface area (Å²) in [5.74, 6) is -0.496. The van der Waals surface area contributed by atoms with Gasteiger partial charge in [0.15, 0.2) is 0 Å². The quantitative estimate of drug-likeness (QED) is 0.660. The first-order valence-corrected chi connectivity index (χ1v) is 6.35. The maximum absolute atomic E-state index is 13.5. The molecule has 0 saturated heterocycles. The maximum atomic E-state index is 13.5. The highest BCUT2D eigenvalue weighted by molar-refractivity contribution is 6.31. The van der Waals surface area contributed by atoms with E-state index in [2.05, 4.69) is 5.32 Å². The van der Waals surface area contributed by atoms with E-state index in [0.717, 1.165) is 0 Å². The van der Waals surface area contributed by atoms with E-state index < -0.39 is 10.7 Å². The van der Waals surface area contributed by atoms with Gasteiger partial charge in [0, 0.05) is 17.6 Å². The first-order chi connectivity index (χ1) is 9.49. The van der Waals surface area contributed by atoms with Crippen LogP contribution in [0.5, 0.6) is 0 Å². The molecule has 0 aliphatic carbocycles. The van der Waals surface area contributed by atoms with Crippen molar-refractivity contribution in [1.82, 2.24) is 0 Å². The number of nitro benzene ring substituents is 1. The van der Waals surface area contributed by atoms with Crippen LogP contribution in [-0.4, -0.2) is 4.92 Å². The summed E-state index contributed by atoms with van der Waals surface area (Å²) >= 11 is 11.7. The van der Waals surface area contributed by atoms with E-state index in [1.807, 2.05) is 0 Å². The fraction of sp³-hybridized carbons (Fsp3) is 0.0769. The number of nitrogens with one attached hydrogen (secondary N) is 1. The first kappa shape index (κ1) is 14.6. The van der Waals surface area contributed by atoms with Crippen LogP contribution in [0, 0.1) is 15.9 Å². The number of nitro groups is 1. The number of hydrogen-bond donors (Lipinski definition) is 1. The van der Waals surface area contributed by atoms with Crippen molar-refractivity contribution in [2.24, 2.45) is 0 Å². The molecule has 0 aliphatic heterocycles. The topological polar surface area (TPSA) is 55.2 Å². The van der Waals surface area contributed by atoms with Crippen LogP contribution in [0.15, 0.2) is 36.4 Å². The van der Waals surface area contributed by atoms with Crippen LogP contribution in [0.25, 0.3) is 0 Å². The van der Waals surface area contributed by atoms with Gasteiger partial charge in [-0.2, -0.15) is 0 Å². The zero-order valence-electron chi connectivity index (χ0n) is 10.1. The summed E-state index contributed by atoms with van der Waals surface area (Å²) in [6, 6.07) is 8.41. The van der Waals surface area contributed by atoms with Crippen LogP contribution >= 0.6 is 23.2 Å². The van der Waals surface area contributed by atoms with Crippen molar-refractivity contribution >= 4 is 34.6 Å². The lowest BCUT2D eigenvalue weighted by atomic mass is 10.1. The van der Waals surface area contributed by atoms with Gasteiger partial charge in [0.05, 0.1) is 21.2 Å². The van der Waals surface area contributed by atoms with Crippen molar-refractivity contribution in [2.75, 3.05) is 5.32 Å². The third-order valence-electron chi connectivity index (χ3n) is 2.67. The Labute approximate surface area is 124 Å². The van der Waals surface area contributed by atoms with Crippen molar-refractivity contribution in [1.29, 1.82) is 0 Å². The molecule has 4 nitrogen and oxygen atoms in total. The average molecular weight is 315 g/mol. The number of hydrogen-bond acceptors (Lipinski definition) is 3. The van der Waals surface area contributed by atoms with Crippen molar-refractivity contribution in [3.8, 4) is 0 Å². The van der Waals surface area contributed by atoms with Gasteiger partial charge in [-0.05, 0) is 24.3 Å². The zero-order chi connectivity index (χ0) is 14.7. The van der Waals surface area contributed by atoms with Crippen LogP contribution in [0.3, 0.4) is 0 Å². The molecule has 0 fully saturated rings. The highest BCUT2D eigenvalue weighted by Crippen LogP contribution is 2.28. The number of benzene rings is 2. The number of halogens is 3. The van der Waals surface area contributed by atoms with Gasteiger partial charge in [0.25, 0.3) is 5.69 Å². The summed E-state index contributed by atoms with van der Waals surface area (Å²) in [6.45, 7) is 0.0211. The molecule has 0 bridgehead atoms. The standard InChI is InChI=1S/C13H9Cl2FN2O2/c14-8-4-5-11(16)12(6-8)17-7-9-10(15)2-1-3-13(9)18(19)20/h1-6,17H,7H2. The monoisotopic (exact) mass is 314 g/mol. The summed E-state index contributed by atoms with van der Waals surface area (Å²) in [4.78, 5) is 10.4. The molecule has 2 aromatic carbocycles. The molecule has 20 heavy (non-hydrogen) atoms. The lowest BCUT2D eigenvalue weighted by Crippen LogP contribution is -2.05. The molecule has 2 rings (SSSR count). The smallest absolute Gasteiger partial charge is 0.275 e. The Morgan fingerprint density at radius 3 is 2.70 bits per heavy atom. The van der Waals surface area contributed by atoms with Crippen LogP contribution < -0.4 is 5.32 Å². The normalized spacial score (nSPS) is 10.3. The second-order valence-corrected chi connectivity index (χ2v) is 4.82. The van der Waals surface area contributed by atoms with Gasteiger partial charge in [0.1, 0.15) is 5.82 Å². The number of anilines is 1. The Morgan fingerprint density at radius 2 is 2.00 bits per heavy atom. The summed E-state index contributed by atoms with van der Waals surface area (Å²) in [6.07, 6.45) is 0. The molecule has 0 spiro atoms. The van der Waals surface area contributed by atoms with Crippen molar-refractivity contribution in [3.63, 3.8) is 0 Å². The van der Waals surface area contributed by atoms with E-state index >= 15 is 0 Å². The van der Waals surface area contributed by atoms with E-state index in [0.29, 0.717) is 10.6 Å². The fourth-order valence-corrected chi connectivity index (χ4v) is 2.12. The summed E-state index contributed by atoms with van der Waals surface area (Å²) in [7, 11) is 0. The molecule has 0 atom stereocenters. The molecule has 0 radical (unpaired) electrons. The van der Waals surface area contributed by atoms with E-state index in [1.54, 1.807) is 6.07 Å². The number of nitrogens with zero attached hydrogens (tertiary/aromatic N) is 1. The molecular weight excluding hydrogens is 306 g/mol. The van der Waals surface area contributed by atoms with E-state index in [4.69, 9.17) is 23.2 Å². The minimum absolute atomic E-state index is 0.0211. The van der Waals surface area contributed by atoms with Crippen LogP contribution in [0.4, 0.5) is 15.8 Å². The molecule has 7 heteroatoms. The van der Waals surface area contributed by atoms with Gasteiger partial charge in [-0.1, -0.05) is 29.3 Å². The summed E-state index contributed by atoms with van der Waals surface area (Å²) < 4.78 is 13.5. The summed E-state index contributed by atoms with van der Waals surface area (Å²) in [5.41, 5.74) is 0.331. The van der Waals surface area contributed by atoms with Gasteiger partial charge in [-0.25, -0.2) is 4.39 Å². The van der Waals surface area contributed by atoms with Crippen molar-refractivity contribution in [3.05, 3.63) is 67.9 Å². The minimum Gasteiger partial charge on any atom is -0.378 e. The third kappa shape index (κ3) is 3.18. The highest BCUT2D eigenvalue weighted by Gasteiger charge is 2.16. The predicted molar refractivity (Wildman–Crippen MR) is 76.8 cm³/mol. The van der Waals surface area contributed by atoms with Crippen LogP contribution in [0.2, 0.25) is 10.0 Å². The van der Waals surface area contributed by atoms with Gasteiger partial charge in [-0.3, -0.25) is 10.1 Å². The Bertz CT molecular complexity index is 665. The minimum atomic E-state index is -0.531. The molecule has 104 valence electrons. The molecule has 1 N–H and O–H groups in total. The third-order valence-corrected chi connectivity index (χ3v) is 3.26. The Kier molecular flexibility index (Phi) is 4.42. The molecule has 0 unspecified atom stereocenters. The largest absolute Gasteiger partial charge is 0.378 e. The van der Waals surface area contributed by atoms with Crippen molar-refractivity contribution < 1.29 is 9.31 Å². The summed E-state index contributed by atoms with van der Waals surface area (Å²) in [5, 5.41) is 14.3. The van der Waals surface area contributed by atoms with Crippen molar-refractivity contribution in [2.45, 2.75) is 6.54 Å². The van der Waals surface area contributed by atoms with Gasteiger partial charge in [0.2, 0.25) is 0 Å². The Hall–Kier alpha value is -1.85. The van der Waals surface area contributed by atoms with Crippen LogP contribution in [0.1, 0.15) is 5.56 Å². The molecule has 0 aliphatic rings.